The molecule has 0 saturated heterocycles. The maximum atomic E-state index is 13.4. The van der Waals surface area contributed by atoms with Gasteiger partial charge in [0.25, 0.3) is 0 Å². The van der Waals surface area contributed by atoms with Crippen LogP contribution >= 0.6 is 11.6 Å². The normalized spacial score (nSPS) is 11.3. The van der Waals surface area contributed by atoms with Crippen molar-refractivity contribution in [3.8, 4) is 0 Å². The van der Waals surface area contributed by atoms with Crippen molar-refractivity contribution >= 4 is 23.4 Å². The van der Waals surface area contributed by atoms with E-state index in [0.717, 1.165) is 35.5 Å². The highest BCUT2D eigenvalue weighted by molar-refractivity contribution is 6.31. The number of hydrogen-bond donors (Lipinski definition) is 0. The Balaban J connectivity index is 2.14. The molecule has 0 aliphatic heterocycles. The summed E-state index contributed by atoms with van der Waals surface area (Å²) in [5, 5.41) is 0.737. The van der Waals surface area contributed by atoms with Crippen LogP contribution in [0, 0.1) is 5.92 Å². The Hall–Kier alpha value is -2.27. The minimum atomic E-state index is -0.00765. The molecule has 0 bridgehead atoms. The smallest absolute Gasteiger partial charge is 0.242 e. The molecule has 0 atom stereocenters. The number of carbonyl (C=O) groups excluding carboxylic acids is 2. The van der Waals surface area contributed by atoms with Gasteiger partial charge in [0.1, 0.15) is 0 Å². The van der Waals surface area contributed by atoms with E-state index in [1.165, 1.54) is 0 Å². The summed E-state index contributed by atoms with van der Waals surface area (Å²) in [4.78, 5) is 29.8. The van der Waals surface area contributed by atoms with Crippen molar-refractivity contribution in [1.82, 2.24) is 14.4 Å². The molecule has 2 aromatic rings. The Morgan fingerprint density at radius 1 is 1.00 bits per heavy atom. The predicted molar refractivity (Wildman–Crippen MR) is 136 cm³/mol. The van der Waals surface area contributed by atoms with E-state index in [2.05, 4.69) is 25.3 Å². The number of aromatic nitrogens is 1. The van der Waals surface area contributed by atoms with Crippen LogP contribution in [-0.4, -0.2) is 45.3 Å². The van der Waals surface area contributed by atoms with E-state index in [4.69, 9.17) is 11.6 Å². The van der Waals surface area contributed by atoms with Crippen molar-refractivity contribution in [2.24, 2.45) is 5.92 Å². The van der Waals surface area contributed by atoms with Crippen LogP contribution in [0.3, 0.4) is 0 Å². The van der Waals surface area contributed by atoms with Crippen molar-refractivity contribution in [2.75, 3.05) is 13.1 Å². The highest BCUT2D eigenvalue weighted by atomic mass is 35.5. The number of halogens is 1. The molecule has 0 aliphatic carbocycles. The van der Waals surface area contributed by atoms with Gasteiger partial charge in [-0.1, -0.05) is 63.4 Å². The third-order valence-corrected chi connectivity index (χ3v) is 6.13. The number of benzene rings is 1. The summed E-state index contributed by atoms with van der Waals surface area (Å²) >= 11 is 6.37. The fraction of sp³-hybridized carbons (Fsp3) is 0.556. The molecule has 5 nitrogen and oxygen atoms in total. The van der Waals surface area contributed by atoms with Gasteiger partial charge >= 0.3 is 0 Å². The summed E-state index contributed by atoms with van der Waals surface area (Å²) in [6, 6.07) is 11.9. The van der Waals surface area contributed by atoms with Crippen molar-refractivity contribution in [2.45, 2.75) is 79.4 Å². The molecule has 0 fully saturated rings. The van der Waals surface area contributed by atoms with Gasteiger partial charge < -0.3 is 14.4 Å². The molecule has 6 heteroatoms. The quantitative estimate of drug-likeness (QED) is 0.335. The summed E-state index contributed by atoms with van der Waals surface area (Å²) in [6.45, 7) is 12.2. The molecule has 1 aromatic heterocycles. The monoisotopic (exact) mass is 473 g/mol. The lowest BCUT2D eigenvalue weighted by Crippen LogP contribution is -2.46. The highest BCUT2D eigenvalue weighted by Crippen LogP contribution is 2.19. The van der Waals surface area contributed by atoms with E-state index in [1.807, 2.05) is 61.3 Å². The number of unbranched alkanes of at least 4 members (excludes halogenated alkanes) is 2. The Labute approximate surface area is 204 Å². The van der Waals surface area contributed by atoms with E-state index >= 15 is 0 Å². The van der Waals surface area contributed by atoms with Crippen LogP contribution < -0.4 is 0 Å². The first kappa shape index (κ1) is 27.0. The summed E-state index contributed by atoms with van der Waals surface area (Å²) in [6.07, 6.45) is 5.51. The summed E-state index contributed by atoms with van der Waals surface area (Å²) in [5.74, 6) is 0.388. The second-order valence-corrected chi connectivity index (χ2v) is 9.87. The van der Waals surface area contributed by atoms with Gasteiger partial charge in [0.15, 0.2) is 0 Å². The summed E-state index contributed by atoms with van der Waals surface area (Å²) in [5.41, 5.74) is 2.09. The maximum absolute atomic E-state index is 13.4. The molecule has 0 radical (unpaired) electrons. The number of rotatable bonds is 13. The van der Waals surface area contributed by atoms with Gasteiger partial charge in [0, 0.05) is 42.5 Å². The first-order valence-corrected chi connectivity index (χ1v) is 12.5. The zero-order valence-corrected chi connectivity index (χ0v) is 21.6. The minimum absolute atomic E-state index is 0.00643. The molecular formula is C27H40ClN3O2. The lowest BCUT2D eigenvalue weighted by Gasteiger charge is -2.31. The second kappa shape index (κ2) is 13.4. The molecule has 0 aliphatic rings. The number of carbonyl (C=O) groups is 2. The van der Waals surface area contributed by atoms with Crippen molar-refractivity contribution < 1.29 is 9.59 Å². The van der Waals surface area contributed by atoms with Crippen molar-refractivity contribution in [1.29, 1.82) is 0 Å². The van der Waals surface area contributed by atoms with E-state index in [9.17, 15) is 9.59 Å². The Bertz CT molecular complexity index is 891. The van der Waals surface area contributed by atoms with Crippen molar-refractivity contribution in [3.63, 3.8) is 0 Å². The Kier molecular flexibility index (Phi) is 11.0. The third kappa shape index (κ3) is 8.54. The Morgan fingerprint density at radius 3 is 2.36 bits per heavy atom. The van der Waals surface area contributed by atoms with E-state index in [1.54, 1.807) is 4.90 Å². The largest absolute Gasteiger partial charge is 0.345 e. The first-order valence-electron chi connectivity index (χ1n) is 12.2. The van der Waals surface area contributed by atoms with Crippen LogP contribution in [0.4, 0.5) is 0 Å². The molecule has 1 aromatic carbocycles. The van der Waals surface area contributed by atoms with Gasteiger partial charge in [-0.15, -0.1) is 0 Å². The lowest BCUT2D eigenvalue weighted by molar-refractivity contribution is -0.142. The SMILES string of the molecule is CCCCCC(=O)N(CC(=O)N(Cc1cccn1Cc1ccccc1Cl)CC(C)C)C(C)C. The van der Waals surface area contributed by atoms with Crippen LogP contribution in [-0.2, 0) is 22.7 Å². The van der Waals surface area contributed by atoms with E-state index in [0.29, 0.717) is 32.0 Å². The van der Waals surface area contributed by atoms with Gasteiger partial charge in [-0.2, -0.15) is 0 Å². The average molecular weight is 474 g/mol. The third-order valence-electron chi connectivity index (χ3n) is 5.76. The molecule has 1 heterocycles. The van der Waals surface area contributed by atoms with Crippen molar-refractivity contribution in [3.05, 3.63) is 58.9 Å². The van der Waals surface area contributed by atoms with E-state index < -0.39 is 0 Å². The molecule has 33 heavy (non-hydrogen) atoms. The van der Waals surface area contributed by atoms with Gasteiger partial charge in [0.05, 0.1) is 13.1 Å². The molecule has 0 spiro atoms. The topological polar surface area (TPSA) is 45.6 Å². The highest BCUT2D eigenvalue weighted by Gasteiger charge is 2.24. The molecule has 0 saturated carbocycles. The molecule has 2 rings (SSSR count). The Morgan fingerprint density at radius 2 is 1.73 bits per heavy atom. The average Bonchev–Trinajstić information content (AvgIpc) is 3.19. The van der Waals surface area contributed by atoms with Crippen LogP contribution in [0.2, 0.25) is 5.02 Å². The zero-order valence-electron chi connectivity index (χ0n) is 20.9. The molecule has 0 unspecified atom stereocenters. The fourth-order valence-electron chi connectivity index (χ4n) is 3.92. The lowest BCUT2D eigenvalue weighted by atomic mass is 10.1. The zero-order chi connectivity index (χ0) is 24.4. The minimum Gasteiger partial charge on any atom is -0.345 e. The van der Waals surface area contributed by atoms with Gasteiger partial charge in [-0.05, 0) is 49.9 Å². The molecule has 0 N–H and O–H groups in total. The first-order chi connectivity index (χ1) is 15.7. The summed E-state index contributed by atoms with van der Waals surface area (Å²) in [7, 11) is 0. The standard InChI is InChI=1S/C27H40ClN3O2/c1-6-7-8-15-26(32)31(22(4)5)20-27(33)30(17-21(2)3)19-24-13-11-16-29(24)18-23-12-9-10-14-25(23)28/h9-14,16,21-22H,6-8,15,17-20H2,1-5H3. The predicted octanol–water partition coefficient (Wildman–Crippen LogP) is 5.99. The molecular weight excluding hydrogens is 434 g/mol. The molecule has 182 valence electrons. The van der Waals surface area contributed by atoms with Crippen LogP contribution in [0.25, 0.3) is 0 Å². The molecule has 2 amide bonds. The van der Waals surface area contributed by atoms with Crippen LogP contribution in [0.1, 0.15) is 71.6 Å². The van der Waals surface area contributed by atoms with E-state index in [-0.39, 0.29) is 24.4 Å². The number of amides is 2. The number of hydrogen-bond acceptors (Lipinski definition) is 2. The maximum Gasteiger partial charge on any atom is 0.242 e. The van der Waals surface area contributed by atoms with Crippen LogP contribution in [0.15, 0.2) is 42.6 Å². The van der Waals surface area contributed by atoms with Gasteiger partial charge in [-0.25, -0.2) is 0 Å². The number of nitrogens with zero attached hydrogens (tertiary/aromatic N) is 3. The fourth-order valence-corrected chi connectivity index (χ4v) is 4.12. The second-order valence-electron chi connectivity index (χ2n) is 9.46. The van der Waals surface area contributed by atoms with Gasteiger partial charge in [-0.3, -0.25) is 9.59 Å². The summed E-state index contributed by atoms with van der Waals surface area (Å²) < 4.78 is 2.14. The van der Waals surface area contributed by atoms with Crippen LogP contribution in [0.5, 0.6) is 0 Å². The van der Waals surface area contributed by atoms with Gasteiger partial charge in [0.2, 0.25) is 11.8 Å².